The number of carbonyl (C=O) groups is 1. The van der Waals surface area contributed by atoms with Gasteiger partial charge in [0.15, 0.2) is 0 Å². The predicted octanol–water partition coefficient (Wildman–Crippen LogP) is 5.67. The Balaban J connectivity index is 3.63. The van der Waals surface area contributed by atoms with Gasteiger partial charge in [0, 0.05) is 6.42 Å². The first kappa shape index (κ1) is 23.4. The Bertz CT molecular complexity index is 419. The van der Waals surface area contributed by atoms with Gasteiger partial charge in [0.2, 0.25) is 0 Å². The van der Waals surface area contributed by atoms with E-state index >= 15 is 0 Å². The Hall–Kier alpha value is -1.61. The van der Waals surface area contributed by atoms with Gasteiger partial charge in [0.1, 0.15) is 0 Å². The fourth-order valence-electron chi connectivity index (χ4n) is 2.21. The lowest BCUT2D eigenvalue weighted by Gasteiger charge is -2.04. The van der Waals surface area contributed by atoms with E-state index in [0.717, 1.165) is 12.8 Å². The first-order valence-electron chi connectivity index (χ1n) is 9.67. The minimum absolute atomic E-state index is 0.193. The maximum atomic E-state index is 11.2. The third-order valence-corrected chi connectivity index (χ3v) is 3.62. The summed E-state index contributed by atoms with van der Waals surface area (Å²) in [6.45, 7) is 4.43. The number of ether oxygens (including phenoxy) is 1. The molecule has 1 N–H and O–H groups in total. The monoisotopic (exact) mass is 348 g/mol. The number of hydrogen-bond donors (Lipinski definition) is 1. The summed E-state index contributed by atoms with van der Waals surface area (Å²) in [7, 11) is 0. The average molecular weight is 349 g/mol. The zero-order valence-corrected chi connectivity index (χ0v) is 16.0. The summed E-state index contributed by atoms with van der Waals surface area (Å²) in [6, 6.07) is 0. The maximum Gasteiger partial charge on any atom is 0.305 e. The first-order valence-corrected chi connectivity index (χ1v) is 9.67. The third-order valence-electron chi connectivity index (χ3n) is 3.62. The molecule has 0 fully saturated rings. The summed E-state index contributed by atoms with van der Waals surface area (Å²) in [5.41, 5.74) is 0. The van der Waals surface area contributed by atoms with Gasteiger partial charge in [0.25, 0.3) is 0 Å². The van der Waals surface area contributed by atoms with E-state index in [-0.39, 0.29) is 5.97 Å². The molecule has 0 bridgehead atoms. The molecule has 25 heavy (non-hydrogen) atoms. The second-order valence-electron chi connectivity index (χ2n) is 5.99. The highest BCUT2D eigenvalue weighted by Gasteiger charge is 2.03. The van der Waals surface area contributed by atoms with Crippen LogP contribution in [0.3, 0.4) is 0 Å². The normalized spacial score (nSPS) is 13.6. The van der Waals surface area contributed by atoms with Gasteiger partial charge in [0.05, 0.1) is 12.7 Å². The number of aliphatic hydroxyl groups excluding tert-OH is 1. The van der Waals surface area contributed by atoms with Gasteiger partial charge in [-0.3, -0.25) is 4.79 Å². The van der Waals surface area contributed by atoms with Crippen LogP contribution in [0.5, 0.6) is 0 Å². The van der Waals surface area contributed by atoms with Gasteiger partial charge in [-0.1, -0.05) is 68.4 Å². The minimum Gasteiger partial charge on any atom is -0.466 e. The predicted molar refractivity (Wildman–Crippen MR) is 106 cm³/mol. The van der Waals surface area contributed by atoms with E-state index in [1.807, 2.05) is 12.2 Å². The van der Waals surface area contributed by atoms with Gasteiger partial charge < -0.3 is 9.84 Å². The zero-order valence-electron chi connectivity index (χ0n) is 16.0. The topological polar surface area (TPSA) is 46.5 Å². The van der Waals surface area contributed by atoms with Crippen molar-refractivity contribution in [3.8, 4) is 0 Å². The first-order chi connectivity index (χ1) is 12.2. The number of aliphatic hydroxyl groups is 1. The second-order valence-corrected chi connectivity index (χ2v) is 5.99. The minimum atomic E-state index is -0.507. The number of hydrogen-bond acceptors (Lipinski definition) is 3. The standard InChI is InChI=1S/C22H36O3/c1-3-5-6-7-8-9-10-11-12-13-14-15-16-18-21(23)19-17-20-22(24)25-4-2/h8-9,11-12,14-16,18,21,23H,3-7,10,13,17,19-20H2,1-2H3/b9-8-,12-11-,15-14-,18-16+/t21-/m1/s1. The van der Waals surface area contributed by atoms with E-state index in [1.54, 1.807) is 13.0 Å². The van der Waals surface area contributed by atoms with Crippen LogP contribution in [0.2, 0.25) is 0 Å². The number of rotatable bonds is 15. The molecule has 0 saturated heterocycles. The molecule has 0 aromatic rings. The van der Waals surface area contributed by atoms with Crippen LogP contribution in [0.25, 0.3) is 0 Å². The highest BCUT2D eigenvalue weighted by atomic mass is 16.5. The van der Waals surface area contributed by atoms with Crippen molar-refractivity contribution in [1.82, 2.24) is 0 Å². The summed E-state index contributed by atoms with van der Waals surface area (Å²) in [5.74, 6) is -0.193. The SMILES string of the molecule is CCCCC/C=C\C/C=C\C/C=C\C=C\[C@@H](O)CCCC(=O)OCC. The molecular weight excluding hydrogens is 312 g/mol. The van der Waals surface area contributed by atoms with E-state index < -0.39 is 6.10 Å². The molecule has 0 heterocycles. The quantitative estimate of drug-likeness (QED) is 0.180. The zero-order chi connectivity index (χ0) is 18.6. The largest absolute Gasteiger partial charge is 0.466 e. The molecule has 0 amide bonds. The molecule has 0 unspecified atom stereocenters. The summed E-state index contributed by atoms with van der Waals surface area (Å²) >= 11 is 0. The average Bonchev–Trinajstić information content (AvgIpc) is 2.59. The molecule has 0 aliphatic rings. The Kier molecular flexibility index (Phi) is 17.5. The van der Waals surface area contributed by atoms with Crippen molar-refractivity contribution in [3.63, 3.8) is 0 Å². The molecule has 0 saturated carbocycles. The molecule has 0 spiro atoms. The van der Waals surface area contributed by atoms with Crippen molar-refractivity contribution in [2.24, 2.45) is 0 Å². The van der Waals surface area contributed by atoms with Gasteiger partial charge in [-0.25, -0.2) is 0 Å². The number of esters is 1. The van der Waals surface area contributed by atoms with Crippen LogP contribution in [0.1, 0.15) is 71.6 Å². The summed E-state index contributed by atoms with van der Waals surface area (Å²) < 4.78 is 4.85. The summed E-state index contributed by atoms with van der Waals surface area (Å²) in [5, 5.41) is 9.77. The molecule has 3 nitrogen and oxygen atoms in total. The third kappa shape index (κ3) is 18.6. The fourth-order valence-corrected chi connectivity index (χ4v) is 2.21. The highest BCUT2D eigenvalue weighted by Crippen LogP contribution is 2.04. The van der Waals surface area contributed by atoms with E-state index in [9.17, 15) is 9.90 Å². The molecule has 0 radical (unpaired) electrons. The Labute approximate surface area is 154 Å². The van der Waals surface area contributed by atoms with Crippen LogP contribution in [0, 0.1) is 0 Å². The number of unbranched alkanes of at least 4 members (excludes halogenated alkanes) is 3. The Morgan fingerprint density at radius 2 is 1.68 bits per heavy atom. The van der Waals surface area contributed by atoms with Crippen LogP contribution in [0.15, 0.2) is 48.6 Å². The van der Waals surface area contributed by atoms with E-state index in [0.29, 0.717) is 25.9 Å². The van der Waals surface area contributed by atoms with Crippen LogP contribution in [-0.4, -0.2) is 23.8 Å². The van der Waals surface area contributed by atoms with Gasteiger partial charge in [-0.2, -0.15) is 0 Å². The molecule has 0 aliphatic carbocycles. The van der Waals surface area contributed by atoms with Crippen molar-refractivity contribution < 1.29 is 14.6 Å². The van der Waals surface area contributed by atoms with Crippen LogP contribution in [0.4, 0.5) is 0 Å². The Morgan fingerprint density at radius 1 is 0.960 bits per heavy atom. The fraction of sp³-hybridized carbons (Fsp3) is 0.591. The molecule has 0 rings (SSSR count). The molecule has 142 valence electrons. The second kappa shape index (κ2) is 18.7. The lowest BCUT2D eigenvalue weighted by Crippen LogP contribution is -2.07. The molecule has 3 heteroatoms. The molecule has 0 aliphatic heterocycles. The van der Waals surface area contributed by atoms with Crippen molar-refractivity contribution in [2.75, 3.05) is 6.61 Å². The summed E-state index contributed by atoms with van der Waals surface area (Å²) in [6.07, 6.45) is 24.5. The Morgan fingerprint density at radius 3 is 2.40 bits per heavy atom. The van der Waals surface area contributed by atoms with E-state index in [4.69, 9.17) is 4.74 Å². The van der Waals surface area contributed by atoms with Crippen molar-refractivity contribution in [3.05, 3.63) is 48.6 Å². The number of carbonyl (C=O) groups excluding carboxylic acids is 1. The van der Waals surface area contributed by atoms with Gasteiger partial charge in [-0.05, 0) is 45.4 Å². The van der Waals surface area contributed by atoms with Crippen LogP contribution < -0.4 is 0 Å². The summed E-state index contributed by atoms with van der Waals surface area (Å²) in [4.78, 5) is 11.2. The van der Waals surface area contributed by atoms with Crippen LogP contribution >= 0.6 is 0 Å². The highest BCUT2D eigenvalue weighted by molar-refractivity contribution is 5.69. The maximum absolute atomic E-state index is 11.2. The van der Waals surface area contributed by atoms with E-state index in [1.165, 1.54) is 25.7 Å². The molecular formula is C22H36O3. The van der Waals surface area contributed by atoms with Crippen molar-refractivity contribution >= 4 is 5.97 Å². The molecule has 0 aromatic heterocycles. The number of allylic oxidation sites excluding steroid dienone is 7. The van der Waals surface area contributed by atoms with Crippen molar-refractivity contribution in [2.45, 2.75) is 77.7 Å². The van der Waals surface area contributed by atoms with Crippen LogP contribution in [-0.2, 0) is 9.53 Å². The van der Waals surface area contributed by atoms with Crippen molar-refractivity contribution in [1.29, 1.82) is 0 Å². The van der Waals surface area contributed by atoms with Gasteiger partial charge in [-0.15, -0.1) is 0 Å². The smallest absolute Gasteiger partial charge is 0.305 e. The lowest BCUT2D eigenvalue weighted by atomic mass is 10.1. The lowest BCUT2D eigenvalue weighted by molar-refractivity contribution is -0.143. The van der Waals surface area contributed by atoms with Gasteiger partial charge >= 0.3 is 5.97 Å². The molecule has 0 aromatic carbocycles. The van der Waals surface area contributed by atoms with E-state index in [2.05, 4.69) is 37.3 Å². The molecule has 1 atom stereocenters.